The summed E-state index contributed by atoms with van der Waals surface area (Å²) in [5.74, 6) is -1.16. The van der Waals surface area contributed by atoms with Crippen molar-refractivity contribution in [3.05, 3.63) is 27.3 Å². The molecule has 0 aromatic carbocycles. The number of aryl methyl sites for hydroxylation is 1. The Balaban J connectivity index is 2.65. The van der Waals surface area contributed by atoms with Gasteiger partial charge in [-0.25, -0.2) is 14.6 Å². The average molecular weight is 306 g/mol. The Morgan fingerprint density at radius 2 is 1.67 bits per heavy atom. The zero-order valence-electron chi connectivity index (χ0n) is 13.0. The molecule has 1 aliphatic rings. The van der Waals surface area contributed by atoms with E-state index in [0.717, 1.165) is 21.3 Å². The number of aromatic nitrogens is 1. The molecule has 2 rings (SSSR count). The smallest absolute Gasteiger partial charge is 0.347 e. The second-order valence-corrected chi connectivity index (χ2v) is 6.53. The summed E-state index contributed by atoms with van der Waals surface area (Å²) in [5, 5.41) is 0.860. The summed E-state index contributed by atoms with van der Waals surface area (Å²) < 4.78 is 4.76. The fourth-order valence-electron chi connectivity index (χ4n) is 2.23. The largest absolute Gasteiger partial charge is 0.386 e. The molecule has 21 heavy (non-hydrogen) atoms. The Hall–Kier alpha value is -1.95. The number of esters is 2. The normalized spacial score (nSPS) is 17.1. The number of carbonyl (C=O) groups is 2. The highest BCUT2D eigenvalue weighted by Crippen LogP contribution is 2.35. The average Bonchev–Trinajstić information content (AvgIpc) is 2.89. The van der Waals surface area contributed by atoms with Gasteiger partial charge in [0.25, 0.3) is 0 Å². The summed E-state index contributed by atoms with van der Waals surface area (Å²) in [5.41, 5.74) is 2.88. The first-order valence-corrected chi connectivity index (χ1v) is 7.36. The van der Waals surface area contributed by atoms with Crippen molar-refractivity contribution >= 4 is 34.0 Å². The van der Waals surface area contributed by atoms with Gasteiger partial charge < -0.3 is 9.64 Å². The molecule has 0 bridgehead atoms. The fraction of sp³-hybridized carbons (Fsp3) is 0.400. The second kappa shape index (κ2) is 5.44. The van der Waals surface area contributed by atoms with Crippen molar-refractivity contribution < 1.29 is 14.3 Å². The molecule has 0 amide bonds. The number of rotatable bonds is 2. The minimum Gasteiger partial charge on any atom is -0.386 e. The van der Waals surface area contributed by atoms with Crippen LogP contribution in [0, 0.1) is 6.92 Å². The van der Waals surface area contributed by atoms with Gasteiger partial charge >= 0.3 is 11.9 Å². The predicted octanol–water partition coefficient (Wildman–Crippen LogP) is 2.71. The van der Waals surface area contributed by atoms with Gasteiger partial charge in [-0.3, -0.25) is 0 Å². The van der Waals surface area contributed by atoms with E-state index in [2.05, 4.69) is 4.98 Å². The van der Waals surface area contributed by atoms with Gasteiger partial charge in [0.2, 0.25) is 0 Å². The number of carbonyl (C=O) groups excluding carboxylic acids is 2. The molecule has 0 radical (unpaired) electrons. The maximum Gasteiger partial charge on any atom is 0.347 e. The second-order valence-electron chi connectivity index (χ2n) is 5.35. The number of ether oxygens (including phenoxy) is 1. The van der Waals surface area contributed by atoms with Crippen molar-refractivity contribution in [1.82, 2.24) is 4.98 Å². The lowest BCUT2D eigenvalue weighted by Crippen LogP contribution is -2.08. The van der Waals surface area contributed by atoms with Crippen molar-refractivity contribution in [3.63, 3.8) is 0 Å². The van der Waals surface area contributed by atoms with Gasteiger partial charge in [-0.15, -0.1) is 11.3 Å². The molecule has 1 aromatic heterocycles. The van der Waals surface area contributed by atoms with Crippen molar-refractivity contribution in [2.75, 3.05) is 19.0 Å². The Morgan fingerprint density at radius 3 is 2.14 bits per heavy atom. The van der Waals surface area contributed by atoms with Crippen LogP contribution in [0.15, 0.2) is 16.7 Å². The highest BCUT2D eigenvalue weighted by molar-refractivity contribution is 7.15. The van der Waals surface area contributed by atoms with E-state index >= 15 is 0 Å². The monoisotopic (exact) mass is 306 g/mol. The van der Waals surface area contributed by atoms with Crippen LogP contribution in [0.4, 0.5) is 5.13 Å². The van der Waals surface area contributed by atoms with Crippen LogP contribution in [0.2, 0.25) is 0 Å². The Morgan fingerprint density at radius 1 is 1.10 bits per heavy atom. The van der Waals surface area contributed by atoms with E-state index in [-0.39, 0.29) is 0 Å². The molecule has 2 heterocycles. The van der Waals surface area contributed by atoms with Crippen LogP contribution in [-0.2, 0) is 14.3 Å². The van der Waals surface area contributed by atoms with Gasteiger partial charge in [0.1, 0.15) is 0 Å². The molecule has 1 aromatic rings. The van der Waals surface area contributed by atoms with Crippen LogP contribution >= 0.6 is 11.3 Å². The van der Waals surface area contributed by atoms with Gasteiger partial charge in [-0.05, 0) is 33.3 Å². The number of hydrogen-bond donors (Lipinski definition) is 0. The van der Waals surface area contributed by atoms with Gasteiger partial charge in [0.05, 0.1) is 16.8 Å². The van der Waals surface area contributed by atoms with E-state index < -0.39 is 11.9 Å². The van der Waals surface area contributed by atoms with Crippen LogP contribution in [0.5, 0.6) is 0 Å². The van der Waals surface area contributed by atoms with Crippen LogP contribution in [0.3, 0.4) is 0 Å². The first-order chi connectivity index (χ1) is 9.73. The summed E-state index contributed by atoms with van der Waals surface area (Å²) in [6.07, 6.45) is 0. The number of allylic oxidation sites excluding steroid dienone is 2. The lowest BCUT2D eigenvalue weighted by molar-refractivity contribution is -0.149. The van der Waals surface area contributed by atoms with Crippen LogP contribution in [-0.4, -0.2) is 31.0 Å². The third kappa shape index (κ3) is 2.63. The molecular weight excluding hydrogens is 288 g/mol. The molecule has 0 atom stereocenters. The zero-order valence-corrected chi connectivity index (χ0v) is 13.8. The van der Waals surface area contributed by atoms with Gasteiger partial charge in [-0.2, -0.15) is 0 Å². The van der Waals surface area contributed by atoms with E-state index in [1.165, 1.54) is 0 Å². The third-order valence-electron chi connectivity index (χ3n) is 3.24. The lowest BCUT2D eigenvalue weighted by Gasteiger charge is -2.06. The van der Waals surface area contributed by atoms with Crippen molar-refractivity contribution in [2.24, 2.45) is 0 Å². The first kappa shape index (κ1) is 15.4. The minimum absolute atomic E-state index is 0.332. The van der Waals surface area contributed by atoms with Gasteiger partial charge in [-0.1, -0.05) is 5.57 Å². The van der Waals surface area contributed by atoms with Crippen LogP contribution in [0.1, 0.15) is 31.3 Å². The summed E-state index contributed by atoms with van der Waals surface area (Å²) >= 11 is 1.55. The molecule has 0 aliphatic carbocycles. The molecule has 1 aliphatic heterocycles. The summed E-state index contributed by atoms with van der Waals surface area (Å²) in [7, 11) is 3.83. The predicted molar refractivity (Wildman–Crippen MR) is 83.2 cm³/mol. The molecule has 5 nitrogen and oxygen atoms in total. The Bertz CT molecular complexity index is 692. The van der Waals surface area contributed by atoms with Crippen molar-refractivity contribution in [3.8, 4) is 0 Å². The first-order valence-electron chi connectivity index (χ1n) is 6.54. The highest BCUT2D eigenvalue weighted by Gasteiger charge is 2.36. The fourth-order valence-corrected chi connectivity index (χ4v) is 3.11. The summed E-state index contributed by atoms with van der Waals surface area (Å²) in [4.78, 5) is 31.3. The molecular formula is C15H18N2O3S. The van der Waals surface area contributed by atoms with E-state index in [0.29, 0.717) is 16.7 Å². The molecule has 6 heteroatoms. The molecule has 0 spiro atoms. The summed E-state index contributed by atoms with van der Waals surface area (Å²) in [6, 6.07) is 0. The number of nitrogens with zero attached hydrogens (tertiary/aromatic N) is 2. The number of hydrogen-bond acceptors (Lipinski definition) is 6. The number of cyclic esters (lactones) is 2. The topological polar surface area (TPSA) is 59.5 Å². The molecule has 1 fully saturated rings. The quantitative estimate of drug-likeness (QED) is 0.477. The van der Waals surface area contributed by atoms with Gasteiger partial charge in [0.15, 0.2) is 5.13 Å². The van der Waals surface area contributed by atoms with E-state index in [1.54, 1.807) is 32.1 Å². The van der Waals surface area contributed by atoms with Crippen LogP contribution < -0.4 is 4.90 Å². The van der Waals surface area contributed by atoms with E-state index in [1.807, 2.05) is 25.9 Å². The van der Waals surface area contributed by atoms with E-state index in [4.69, 9.17) is 4.74 Å². The molecule has 0 saturated carbocycles. The zero-order chi connectivity index (χ0) is 15.9. The maximum absolute atomic E-state index is 12.0. The maximum atomic E-state index is 12.0. The Kier molecular flexibility index (Phi) is 4.00. The third-order valence-corrected chi connectivity index (χ3v) is 4.38. The molecule has 1 saturated heterocycles. The summed E-state index contributed by atoms with van der Waals surface area (Å²) in [6.45, 7) is 7.34. The molecule has 112 valence electrons. The minimum atomic E-state index is -0.590. The Labute approximate surface area is 127 Å². The van der Waals surface area contributed by atoms with E-state index in [9.17, 15) is 9.59 Å². The lowest BCUT2D eigenvalue weighted by atomic mass is 9.97. The van der Waals surface area contributed by atoms with Crippen molar-refractivity contribution in [1.29, 1.82) is 0 Å². The highest BCUT2D eigenvalue weighted by atomic mass is 32.1. The molecule has 0 N–H and O–H groups in total. The number of anilines is 1. The van der Waals surface area contributed by atoms with Gasteiger partial charge in [0, 0.05) is 19.0 Å². The van der Waals surface area contributed by atoms with Crippen LogP contribution in [0.25, 0.3) is 5.57 Å². The molecule has 0 unspecified atom stereocenters. The SMILES string of the molecule is CC(C)=C1C(=O)OC(=O)C1=C(C)c1nc(N(C)C)sc1C. The number of thiazole rings is 1. The standard InChI is InChI=1S/C15H18N2O3S/c1-7(2)10-11(14(19)20-13(10)18)8(3)12-9(4)21-15(16-12)17(5)6/h1-6H3. The van der Waals surface area contributed by atoms with Crippen molar-refractivity contribution in [2.45, 2.75) is 27.7 Å².